The molecule has 0 aromatic rings. The summed E-state index contributed by atoms with van der Waals surface area (Å²) >= 11 is 0. The number of carbonyl (C=O) groups excluding carboxylic acids is 1. The van der Waals surface area contributed by atoms with E-state index in [1.165, 1.54) is 19.3 Å². The fourth-order valence-corrected chi connectivity index (χ4v) is 3.33. The Labute approximate surface area is 121 Å². The molecule has 0 unspecified atom stereocenters. The van der Waals surface area contributed by atoms with Crippen LogP contribution in [0, 0.1) is 17.8 Å². The van der Waals surface area contributed by atoms with Gasteiger partial charge in [0.2, 0.25) is 5.91 Å². The molecule has 0 aromatic heterocycles. The van der Waals surface area contributed by atoms with Crippen LogP contribution < -0.4 is 0 Å². The molecule has 1 N–H and O–H groups in total. The van der Waals surface area contributed by atoms with Crippen LogP contribution in [-0.4, -0.2) is 34.5 Å². The molecule has 2 fully saturated rings. The second kappa shape index (κ2) is 6.59. The van der Waals surface area contributed by atoms with Crippen LogP contribution in [0.15, 0.2) is 0 Å². The highest BCUT2D eigenvalue weighted by atomic mass is 16.4. The number of carboxylic acid groups (broad SMARTS) is 1. The smallest absolute Gasteiger partial charge is 0.306 e. The Kier molecular flexibility index (Phi) is 5.06. The quantitative estimate of drug-likeness (QED) is 0.843. The molecule has 0 radical (unpaired) electrons. The van der Waals surface area contributed by atoms with Gasteiger partial charge in [0, 0.05) is 18.5 Å². The number of rotatable bonds is 5. The number of hydrogen-bond acceptors (Lipinski definition) is 2. The van der Waals surface area contributed by atoms with Crippen molar-refractivity contribution in [2.75, 3.05) is 6.54 Å². The number of hydrogen-bond donors (Lipinski definition) is 1. The van der Waals surface area contributed by atoms with Gasteiger partial charge in [-0.15, -0.1) is 0 Å². The van der Waals surface area contributed by atoms with Gasteiger partial charge in [-0.2, -0.15) is 0 Å². The average molecular weight is 281 g/mol. The lowest BCUT2D eigenvalue weighted by atomic mass is 9.80. The van der Waals surface area contributed by atoms with Crippen LogP contribution in [0.4, 0.5) is 0 Å². The van der Waals surface area contributed by atoms with Crippen LogP contribution in [0.3, 0.4) is 0 Å². The van der Waals surface area contributed by atoms with E-state index < -0.39 is 5.97 Å². The molecule has 0 bridgehead atoms. The molecule has 0 heterocycles. The number of nitrogens with zero attached hydrogens (tertiary/aromatic N) is 1. The van der Waals surface area contributed by atoms with E-state index >= 15 is 0 Å². The molecule has 4 nitrogen and oxygen atoms in total. The topological polar surface area (TPSA) is 57.6 Å². The standard InChI is InChI=1S/C16H27NO3/c1-11(2)17(10-12-4-3-5-12)15(18)13-6-8-14(9-7-13)16(19)20/h11-14H,3-10H2,1-2H3,(H,19,20). The predicted molar refractivity (Wildman–Crippen MR) is 77.3 cm³/mol. The van der Waals surface area contributed by atoms with Crippen LogP contribution in [0.2, 0.25) is 0 Å². The van der Waals surface area contributed by atoms with Crippen molar-refractivity contribution in [3.05, 3.63) is 0 Å². The second-order valence-electron chi connectivity index (χ2n) is 6.77. The first kappa shape index (κ1) is 15.3. The summed E-state index contributed by atoms with van der Waals surface area (Å²) in [5.74, 6) is 0.0600. The molecule has 20 heavy (non-hydrogen) atoms. The van der Waals surface area contributed by atoms with Crippen molar-refractivity contribution < 1.29 is 14.7 Å². The summed E-state index contributed by atoms with van der Waals surface area (Å²) in [6.45, 7) is 5.06. The summed E-state index contributed by atoms with van der Waals surface area (Å²) in [6.07, 6.45) is 6.59. The van der Waals surface area contributed by atoms with Gasteiger partial charge < -0.3 is 10.0 Å². The molecule has 4 heteroatoms. The Morgan fingerprint density at radius 2 is 1.60 bits per heavy atom. The zero-order chi connectivity index (χ0) is 14.7. The fourth-order valence-electron chi connectivity index (χ4n) is 3.33. The van der Waals surface area contributed by atoms with Gasteiger partial charge in [0.25, 0.3) is 0 Å². The third kappa shape index (κ3) is 3.53. The van der Waals surface area contributed by atoms with E-state index in [2.05, 4.69) is 13.8 Å². The maximum Gasteiger partial charge on any atom is 0.306 e. The van der Waals surface area contributed by atoms with Crippen molar-refractivity contribution in [3.8, 4) is 0 Å². The Balaban J connectivity index is 1.89. The van der Waals surface area contributed by atoms with Crippen molar-refractivity contribution in [2.24, 2.45) is 17.8 Å². The summed E-state index contributed by atoms with van der Waals surface area (Å²) in [6, 6.07) is 0.250. The highest BCUT2D eigenvalue weighted by molar-refractivity contribution is 5.79. The number of carbonyl (C=O) groups is 2. The zero-order valence-corrected chi connectivity index (χ0v) is 12.7. The molecule has 2 aliphatic carbocycles. The lowest BCUT2D eigenvalue weighted by molar-refractivity contribution is -0.146. The minimum Gasteiger partial charge on any atom is -0.481 e. The van der Waals surface area contributed by atoms with E-state index in [1.807, 2.05) is 4.90 Å². The molecule has 2 aliphatic rings. The summed E-state index contributed by atoms with van der Waals surface area (Å²) in [5.41, 5.74) is 0. The van der Waals surface area contributed by atoms with Crippen molar-refractivity contribution in [2.45, 2.75) is 64.8 Å². The monoisotopic (exact) mass is 281 g/mol. The maximum absolute atomic E-state index is 12.7. The highest BCUT2D eigenvalue weighted by Crippen LogP contribution is 2.32. The van der Waals surface area contributed by atoms with Gasteiger partial charge in [-0.3, -0.25) is 9.59 Å². The molecule has 0 saturated heterocycles. The van der Waals surface area contributed by atoms with Crippen molar-refractivity contribution in [1.82, 2.24) is 4.90 Å². The summed E-state index contributed by atoms with van der Waals surface area (Å²) < 4.78 is 0. The first-order valence-electron chi connectivity index (χ1n) is 8.02. The molecule has 0 spiro atoms. The number of carboxylic acids is 1. The third-order valence-electron chi connectivity index (χ3n) is 5.01. The van der Waals surface area contributed by atoms with E-state index in [0.29, 0.717) is 18.8 Å². The van der Waals surface area contributed by atoms with Gasteiger partial charge in [0.1, 0.15) is 0 Å². The van der Waals surface area contributed by atoms with Gasteiger partial charge in [0.15, 0.2) is 0 Å². The molecule has 2 rings (SSSR count). The first-order valence-corrected chi connectivity index (χ1v) is 8.02. The van der Waals surface area contributed by atoms with Crippen LogP contribution in [0.1, 0.15) is 58.8 Å². The Bertz CT molecular complexity index is 355. The van der Waals surface area contributed by atoms with Gasteiger partial charge in [-0.05, 0) is 58.3 Å². The molecule has 1 amide bonds. The Morgan fingerprint density at radius 1 is 1.05 bits per heavy atom. The van der Waals surface area contributed by atoms with E-state index in [-0.39, 0.29) is 23.8 Å². The van der Waals surface area contributed by atoms with Crippen molar-refractivity contribution in [1.29, 1.82) is 0 Å². The molecule has 114 valence electrons. The lowest BCUT2D eigenvalue weighted by Gasteiger charge is -2.38. The number of amides is 1. The van der Waals surface area contributed by atoms with E-state index in [0.717, 1.165) is 19.4 Å². The van der Waals surface area contributed by atoms with Crippen LogP contribution in [0.25, 0.3) is 0 Å². The zero-order valence-electron chi connectivity index (χ0n) is 12.7. The first-order chi connectivity index (χ1) is 9.49. The molecule has 0 atom stereocenters. The molecule has 0 aromatic carbocycles. The van der Waals surface area contributed by atoms with Gasteiger partial charge >= 0.3 is 5.97 Å². The normalized spacial score (nSPS) is 27.1. The van der Waals surface area contributed by atoms with E-state index in [1.54, 1.807) is 0 Å². The summed E-state index contributed by atoms with van der Waals surface area (Å²) in [7, 11) is 0. The predicted octanol–water partition coefficient (Wildman–Crippen LogP) is 2.91. The molecular weight excluding hydrogens is 254 g/mol. The summed E-state index contributed by atoms with van der Waals surface area (Å²) in [5, 5.41) is 9.02. The van der Waals surface area contributed by atoms with Gasteiger partial charge in [-0.1, -0.05) is 6.42 Å². The highest BCUT2D eigenvalue weighted by Gasteiger charge is 2.34. The summed E-state index contributed by atoms with van der Waals surface area (Å²) in [4.78, 5) is 25.7. The minimum absolute atomic E-state index is 0.0491. The van der Waals surface area contributed by atoms with Crippen molar-refractivity contribution in [3.63, 3.8) is 0 Å². The largest absolute Gasteiger partial charge is 0.481 e. The number of aliphatic carboxylic acids is 1. The maximum atomic E-state index is 12.7. The van der Waals surface area contributed by atoms with Crippen molar-refractivity contribution >= 4 is 11.9 Å². The van der Waals surface area contributed by atoms with Gasteiger partial charge in [-0.25, -0.2) is 0 Å². The minimum atomic E-state index is -0.703. The van der Waals surface area contributed by atoms with E-state index in [9.17, 15) is 9.59 Å². The Hall–Kier alpha value is -1.06. The fraction of sp³-hybridized carbons (Fsp3) is 0.875. The van der Waals surface area contributed by atoms with Gasteiger partial charge in [0.05, 0.1) is 5.92 Å². The SMILES string of the molecule is CC(C)N(CC1CCC1)C(=O)C1CCC(C(=O)O)CC1. The average Bonchev–Trinajstić information content (AvgIpc) is 2.36. The second-order valence-corrected chi connectivity index (χ2v) is 6.77. The van der Waals surface area contributed by atoms with Crippen LogP contribution in [0.5, 0.6) is 0 Å². The van der Waals surface area contributed by atoms with Crippen LogP contribution >= 0.6 is 0 Å². The Morgan fingerprint density at radius 3 is 2.00 bits per heavy atom. The molecule has 0 aliphatic heterocycles. The van der Waals surface area contributed by atoms with E-state index in [4.69, 9.17) is 5.11 Å². The molecule has 2 saturated carbocycles. The molecular formula is C16H27NO3. The van der Waals surface area contributed by atoms with Crippen LogP contribution in [-0.2, 0) is 9.59 Å². The lowest BCUT2D eigenvalue weighted by Crippen LogP contribution is -2.45. The third-order valence-corrected chi connectivity index (χ3v) is 5.01.